The fourth-order valence-electron chi connectivity index (χ4n) is 4.75. The fraction of sp³-hybridized carbons (Fsp3) is 0.636. The molecular formula is C22H32N2O3. The van der Waals surface area contributed by atoms with Crippen LogP contribution in [0.15, 0.2) is 12.1 Å². The van der Waals surface area contributed by atoms with Crippen molar-refractivity contribution in [1.82, 2.24) is 9.80 Å². The summed E-state index contributed by atoms with van der Waals surface area (Å²) in [5, 5.41) is 0. The molecule has 1 aromatic rings. The summed E-state index contributed by atoms with van der Waals surface area (Å²) in [5.74, 6) is 1.37. The molecule has 1 aromatic carbocycles. The van der Waals surface area contributed by atoms with Crippen LogP contribution in [-0.2, 0) is 4.79 Å². The van der Waals surface area contributed by atoms with Gasteiger partial charge in [-0.05, 0) is 69.3 Å². The monoisotopic (exact) mass is 372 g/mol. The van der Waals surface area contributed by atoms with Crippen LogP contribution in [-0.4, -0.2) is 60.8 Å². The number of benzene rings is 1. The zero-order valence-corrected chi connectivity index (χ0v) is 17.1. The first kappa shape index (κ1) is 19.9. The van der Waals surface area contributed by atoms with Crippen molar-refractivity contribution < 1.29 is 14.3 Å². The molecule has 3 rings (SSSR count). The number of nitrogens with zero attached hydrogens (tertiary/aromatic N) is 2. The highest BCUT2D eigenvalue weighted by molar-refractivity contribution is 5.98. The number of likely N-dealkylation sites (tertiary alicyclic amines) is 2. The molecule has 2 heterocycles. The highest BCUT2D eigenvalue weighted by Gasteiger charge is 2.32. The number of carbonyl (C=O) groups excluding carboxylic acids is 2. The van der Waals surface area contributed by atoms with E-state index in [1.54, 1.807) is 14.0 Å². The minimum Gasteiger partial charge on any atom is -0.496 e. The van der Waals surface area contributed by atoms with Gasteiger partial charge < -0.3 is 9.64 Å². The van der Waals surface area contributed by atoms with E-state index >= 15 is 0 Å². The second kappa shape index (κ2) is 8.42. The van der Waals surface area contributed by atoms with Gasteiger partial charge in [0, 0.05) is 44.1 Å². The van der Waals surface area contributed by atoms with Gasteiger partial charge in [0.1, 0.15) is 5.75 Å². The van der Waals surface area contributed by atoms with Gasteiger partial charge in [-0.3, -0.25) is 14.5 Å². The van der Waals surface area contributed by atoms with E-state index in [-0.39, 0.29) is 17.6 Å². The topological polar surface area (TPSA) is 49.9 Å². The zero-order chi connectivity index (χ0) is 19.6. The Bertz CT molecular complexity index is 685. The molecule has 0 saturated carbocycles. The van der Waals surface area contributed by atoms with Gasteiger partial charge in [-0.15, -0.1) is 0 Å². The number of Topliss-reactive ketones (excluding diaryl/α,β-unsaturated/α-hetero) is 1. The lowest BCUT2D eigenvalue weighted by molar-refractivity contribution is -0.130. The number of amides is 1. The average molecular weight is 373 g/mol. The molecule has 148 valence electrons. The molecule has 1 amide bonds. The maximum Gasteiger partial charge on any atom is 0.219 e. The second-order valence-corrected chi connectivity index (χ2v) is 8.08. The molecule has 27 heavy (non-hydrogen) atoms. The van der Waals surface area contributed by atoms with Crippen molar-refractivity contribution in [3.8, 4) is 5.75 Å². The van der Waals surface area contributed by atoms with E-state index < -0.39 is 0 Å². The lowest BCUT2D eigenvalue weighted by Gasteiger charge is -2.42. The van der Waals surface area contributed by atoms with E-state index in [1.165, 1.54) is 0 Å². The third-order valence-corrected chi connectivity index (χ3v) is 6.20. The third kappa shape index (κ3) is 4.34. The summed E-state index contributed by atoms with van der Waals surface area (Å²) in [7, 11) is 1.67. The Balaban J connectivity index is 1.66. The Labute approximate surface area is 162 Å². The molecule has 5 heteroatoms. The predicted molar refractivity (Wildman–Crippen MR) is 106 cm³/mol. The summed E-state index contributed by atoms with van der Waals surface area (Å²) in [6.45, 7) is 9.23. The van der Waals surface area contributed by atoms with Crippen LogP contribution in [0.3, 0.4) is 0 Å². The lowest BCUT2D eigenvalue weighted by Crippen LogP contribution is -2.50. The van der Waals surface area contributed by atoms with Crippen molar-refractivity contribution in [3.63, 3.8) is 0 Å². The first-order valence-corrected chi connectivity index (χ1v) is 10.1. The SMILES string of the molecule is COc1c(C)cc(C(=O)[C@@H]2CCCN(C3CCN(C(C)=O)CC3)C2)cc1C. The standard InChI is InChI=1S/C22H32N2O3/c1-15-12-19(13-16(2)22(15)27-4)21(26)18-6-5-9-24(14-18)20-7-10-23(11-8-20)17(3)25/h12-13,18,20H,5-11,14H2,1-4H3/t18-/m1/s1. The maximum atomic E-state index is 13.2. The van der Waals surface area contributed by atoms with Crippen molar-refractivity contribution in [2.45, 2.75) is 52.5 Å². The Morgan fingerprint density at radius 2 is 1.67 bits per heavy atom. The highest BCUT2D eigenvalue weighted by atomic mass is 16.5. The van der Waals surface area contributed by atoms with E-state index in [0.717, 1.165) is 74.3 Å². The summed E-state index contributed by atoms with van der Waals surface area (Å²) < 4.78 is 5.43. The molecule has 5 nitrogen and oxygen atoms in total. The zero-order valence-electron chi connectivity index (χ0n) is 17.1. The van der Waals surface area contributed by atoms with Crippen LogP contribution in [0.5, 0.6) is 5.75 Å². The Morgan fingerprint density at radius 3 is 2.22 bits per heavy atom. The smallest absolute Gasteiger partial charge is 0.219 e. The minimum absolute atomic E-state index is 0.0665. The van der Waals surface area contributed by atoms with Crippen molar-refractivity contribution >= 4 is 11.7 Å². The number of carbonyl (C=O) groups is 2. The normalized spacial score (nSPS) is 21.9. The summed E-state index contributed by atoms with van der Waals surface area (Å²) >= 11 is 0. The molecule has 0 aromatic heterocycles. The number of rotatable bonds is 4. The summed E-state index contributed by atoms with van der Waals surface area (Å²) in [4.78, 5) is 29.1. The first-order chi connectivity index (χ1) is 12.9. The van der Waals surface area contributed by atoms with Gasteiger partial charge in [-0.2, -0.15) is 0 Å². The van der Waals surface area contributed by atoms with Crippen molar-refractivity contribution in [2.75, 3.05) is 33.3 Å². The molecule has 1 atom stereocenters. The lowest BCUT2D eigenvalue weighted by atomic mass is 9.87. The van der Waals surface area contributed by atoms with E-state index in [4.69, 9.17) is 4.74 Å². The van der Waals surface area contributed by atoms with Gasteiger partial charge in [0.25, 0.3) is 0 Å². The van der Waals surface area contributed by atoms with Crippen LogP contribution in [0.4, 0.5) is 0 Å². The van der Waals surface area contributed by atoms with Gasteiger partial charge in [0.15, 0.2) is 5.78 Å². The molecule has 0 aliphatic carbocycles. The molecule has 0 bridgehead atoms. The molecule has 0 unspecified atom stereocenters. The predicted octanol–water partition coefficient (Wildman–Crippen LogP) is 3.22. The number of hydrogen-bond donors (Lipinski definition) is 0. The average Bonchev–Trinajstić information content (AvgIpc) is 2.67. The largest absolute Gasteiger partial charge is 0.496 e. The molecule has 2 fully saturated rings. The van der Waals surface area contributed by atoms with E-state index in [0.29, 0.717) is 6.04 Å². The number of piperidine rings is 2. The van der Waals surface area contributed by atoms with E-state index in [1.807, 2.05) is 30.9 Å². The van der Waals surface area contributed by atoms with Crippen LogP contribution in [0.1, 0.15) is 54.1 Å². The van der Waals surface area contributed by atoms with Gasteiger partial charge in [-0.25, -0.2) is 0 Å². The summed E-state index contributed by atoms with van der Waals surface area (Å²) in [6, 6.07) is 4.44. The molecule has 2 aliphatic heterocycles. The number of hydrogen-bond acceptors (Lipinski definition) is 4. The maximum absolute atomic E-state index is 13.2. The minimum atomic E-state index is 0.0665. The van der Waals surface area contributed by atoms with Gasteiger partial charge in [0.2, 0.25) is 5.91 Å². The van der Waals surface area contributed by atoms with Gasteiger partial charge in [-0.1, -0.05) is 0 Å². The summed E-state index contributed by atoms with van der Waals surface area (Å²) in [6.07, 6.45) is 4.06. The molecule has 2 saturated heterocycles. The van der Waals surface area contributed by atoms with Crippen molar-refractivity contribution in [3.05, 3.63) is 28.8 Å². The highest BCUT2D eigenvalue weighted by Crippen LogP contribution is 2.29. The van der Waals surface area contributed by atoms with Crippen LogP contribution in [0.2, 0.25) is 0 Å². The van der Waals surface area contributed by atoms with E-state index in [2.05, 4.69) is 4.90 Å². The number of methoxy groups -OCH3 is 1. The van der Waals surface area contributed by atoms with Crippen LogP contribution < -0.4 is 4.74 Å². The van der Waals surface area contributed by atoms with Crippen molar-refractivity contribution in [1.29, 1.82) is 0 Å². The molecule has 0 N–H and O–H groups in total. The second-order valence-electron chi connectivity index (χ2n) is 8.08. The quantitative estimate of drug-likeness (QED) is 0.762. The number of ketones is 1. The van der Waals surface area contributed by atoms with Crippen LogP contribution >= 0.6 is 0 Å². The van der Waals surface area contributed by atoms with Crippen LogP contribution in [0.25, 0.3) is 0 Å². The van der Waals surface area contributed by atoms with Crippen molar-refractivity contribution in [2.24, 2.45) is 5.92 Å². The Morgan fingerprint density at radius 1 is 1.04 bits per heavy atom. The molecule has 0 radical (unpaired) electrons. The molecule has 0 spiro atoms. The van der Waals surface area contributed by atoms with Gasteiger partial charge >= 0.3 is 0 Å². The summed E-state index contributed by atoms with van der Waals surface area (Å²) in [5.41, 5.74) is 2.85. The fourth-order valence-corrected chi connectivity index (χ4v) is 4.75. The van der Waals surface area contributed by atoms with Gasteiger partial charge in [0.05, 0.1) is 7.11 Å². The van der Waals surface area contributed by atoms with Crippen LogP contribution in [0, 0.1) is 19.8 Å². The molecular weight excluding hydrogens is 340 g/mol. The first-order valence-electron chi connectivity index (χ1n) is 10.1. The number of ether oxygens (including phenoxy) is 1. The number of aryl methyl sites for hydroxylation is 2. The third-order valence-electron chi connectivity index (χ3n) is 6.20. The molecule has 2 aliphatic rings. The Kier molecular flexibility index (Phi) is 6.20. The Hall–Kier alpha value is -1.88. The van der Waals surface area contributed by atoms with E-state index in [9.17, 15) is 9.59 Å².